The molecule has 0 heterocycles. The van der Waals surface area contributed by atoms with Crippen molar-refractivity contribution in [3.8, 4) is 0 Å². The second-order valence-corrected chi connectivity index (χ2v) is 3.73. The second kappa shape index (κ2) is 3.38. The first-order valence-electron chi connectivity index (χ1n) is 4.48. The van der Waals surface area contributed by atoms with Crippen LogP contribution in [0.15, 0.2) is 11.6 Å². The number of hydrogen-bond donors (Lipinski definition) is 0. The Morgan fingerprint density at radius 2 is 2.27 bits per heavy atom. The smallest absolute Gasteiger partial charge is 0.122 e. The van der Waals surface area contributed by atoms with Gasteiger partial charge in [-0.05, 0) is 24.7 Å². The summed E-state index contributed by atoms with van der Waals surface area (Å²) in [5.74, 6) is 0.732. The van der Waals surface area contributed by atoms with Crippen LogP contribution in [0.4, 0.5) is 4.39 Å². The zero-order valence-electron chi connectivity index (χ0n) is 7.60. The van der Waals surface area contributed by atoms with Crippen LogP contribution < -0.4 is 0 Å². The Labute approximate surface area is 68.5 Å². The van der Waals surface area contributed by atoms with E-state index < -0.39 is 6.17 Å². The molecule has 2 atom stereocenters. The van der Waals surface area contributed by atoms with Crippen molar-refractivity contribution < 1.29 is 4.39 Å². The van der Waals surface area contributed by atoms with Gasteiger partial charge in [0.05, 0.1) is 0 Å². The maximum Gasteiger partial charge on any atom is 0.122 e. The van der Waals surface area contributed by atoms with Gasteiger partial charge in [-0.2, -0.15) is 0 Å². The van der Waals surface area contributed by atoms with Gasteiger partial charge in [-0.1, -0.05) is 32.4 Å². The monoisotopic (exact) mass is 156 g/mol. The molecule has 64 valence electrons. The van der Waals surface area contributed by atoms with Gasteiger partial charge in [-0.3, -0.25) is 0 Å². The quantitative estimate of drug-likeness (QED) is 0.538. The molecule has 1 aliphatic rings. The van der Waals surface area contributed by atoms with Crippen molar-refractivity contribution in [3.63, 3.8) is 0 Å². The lowest BCUT2D eigenvalue weighted by Gasteiger charge is -2.16. The summed E-state index contributed by atoms with van der Waals surface area (Å²) in [7, 11) is 0. The van der Waals surface area contributed by atoms with E-state index in [0.717, 1.165) is 12.8 Å². The summed E-state index contributed by atoms with van der Waals surface area (Å²) in [6.07, 6.45) is 3.13. The van der Waals surface area contributed by atoms with Crippen LogP contribution >= 0.6 is 0 Å². The zero-order valence-corrected chi connectivity index (χ0v) is 7.60. The predicted molar refractivity (Wildman–Crippen MR) is 46.2 cm³/mol. The molecule has 0 aromatic carbocycles. The molecule has 11 heavy (non-hydrogen) atoms. The molecule has 1 heteroatoms. The first kappa shape index (κ1) is 8.76. The van der Waals surface area contributed by atoms with E-state index >= 15 is 0 Å². The maximum absolute atomic E-state index is 13.2. The molecule has 0 amide bonds. The molecule has 0 bridgehead atoms. The van der Waals surface area contributed by atoms with Crippen LogP contribution in [0.25, 0.3) is 0 Å². The summed E-state index contributed by atoms with van der Waals surface area (Å²) in [6, 6.07) is 0. The van der Waals surface area contributed by atoms with Crippen molar-refractivity contribution in [3.05, 3.63) is 11.6 Å². The van der Waals surface area contributed by atoms with Crippen molar-refractivity contribution in [2.45, 2.75) is 39.8 Å². The SMILES string of the molecule is CCC1=CC(F)C(C(C)C)C1. The lowest BCUT2D eigenvalue weighted by molar-refractivity contribution is 0.240. The van der Waals surface area contributed by atoms with Crippen LogP contribution in [0, 0.1) is 11.8 Å². The fourth-order valence-electron chi connectivity index (χ4n) is 1.70. The van der Waals surface area contributed by atoms with Gasteiger partial charge in [-0.15, -0.1) is 0 Å². The molecule has 0 aliphatic heterocycles. The standard InChI is InChI=1S/C10H17F/c1-4-8-5-9(7(2)3)10(11)6-8/h6-7,9-10H,4-5H2,1-3H3. The molecule has 0 fully saturated rings. The molecule has 0 aromatic heterocycles. The van der Waals surface area contributed by atoms with Crippen molar-refractivity contribution in [2.75, 3.05) is 0 Å². The molecule has 1 aliphatic carbocycles. The third-order valence-electron chi connectivity index (χ3n) is 2.61. The third-order valence-corrected chi connectivity index (χ3v) is 2.61. The molecular formula is C10H17F. The lowest BCUT2D eigenvalue weighted by atomic mass is 9.91. The molecule has 0 radical (unpaired) electrons. The molecule has 2 unspecified atom stereocenters. The Morgan fingerprint density at radius 1 is 1.64 bits per heavy atom. The molecule has 0 saturated carbocycles. The summed E-state index contributed by atoms with van der Waals surface area (Å²) in [5.41, 5.74) is 1.30. The van der Waals surface area contributed by atoms with E-state index in [0.29, 0.717) is 5.92 Å². The van der Waals surface area contributed by atoms with Gasteiger partial charge in [0.2, 0.25) is 0 Å². The topological polar surface area (TPSA) is 0 Å². The van der Waals surface area contributed by atoms with Crippen molar-refractivity contribution >= 4 is 0 Å². The largest absolute Gasteiger partial charge is 0.243 e. The predicted octanol–water partition coefficient (Wildman–Crippen LogP) is 3.34. The van der Waals surface area contributed by atoms with Crippen LogP contribution in [0.1, 0.15) is 33.6 Å². The lowest BCUT2D eigenvalue weighted by Crippen LogP contribution is -2.14. The minimum Gasteiger partial charge on any atom is -0.243 e. The number of allylic oxidation sites excluding steroid dienone is 2. The van der Waals surface area contributed by atoms with Gasteiger partial charge in [-0.25, -0.2) is 4.39 Å². The first-order chi connectivity index (χ1) is 5.15. The van der Waals surface area contributed by atoms with E-state index in [1.54, 1.807) is 0 Å². The van der Waals surface area contributed by atoms with Crippen LogP contribution in [0.2, 0.25) is 0 Å². The molecule has 0 aromatic rings. The van der Waals surface area contributed by atoms with Gasteiger partial charge in [0, 0.05) is 0 Å². The fraction of sp³-hybridized carbons (Fsp3) is 0.800. The Morgan fingerprint density at radius 3 is 2.55 bits per heavy atom. The average molecular weight is 156 g/mol. The van der Waals surface area contributed by atoms with Crippen LogP contribution in [0.3, 0.4) is 0 Å². The van der Waals surface area contributed by atoms with E-state index in [2.05, 4.69) is 20.8 Å². The Hall–Kier alpha value is -0.330. The van der Waals surface area contributed by atoms with E-state index in [4.69, 9.17) is 0 Å². The molecule has 0 N–H and O–H groups in total. The number of halogens is 1. The Bertz CT molecular complexity index is 158. The number of hydrogen-bond acceptors (Lipinski definition) is 0. The summed E-state index contributed by atoms with van der Waals surface area (Å²) >= 11 is 0. The second-order valence-electron chi connectivity index (χ2n) is 3.73. The maximum atomic E-state index is 13.2. The van der Waals surface area contributed by atoms with E-state index in [1.165, 1.54) is 5.57 Å². The van der Waals surface area contributed by atoms with Gasteiger partial charge in [0.1, 0.15) is 6.17 Å². The van der Waals surface area contributed by atoms with Crippen molar-refractivity contribution in [2.24, 2.45) is 11.8 Å². The van der Waals surface area contributed by atoms with Gasteiger partial charge >= 0.3 is 0 Å². The molecule has 0 spiro atoms. The average Bonchev–Trinajstić information content (AvgIpc) is 2.30. The molecular weight excluding hydrogens is 139 g/mol. The highest BCUT2D eigenvalue weighted by Crippen LogP contribution is 2.34. The molecule has 0 saturated heterocycles. The summed E-state index contributed by atoms with van der Waals surface area (Å²) in [4.78, 5) is 0. The molecule has 1 rings (SSSR count). The van der Waals surface area contributed by atoms with Crippen LogP contribution in [0.5, 0.6) is 0 Å². The highest BCUT2D eigenvalue weighted by molar-refractivity contribution is 5.14. The van der Waals surface area contributed by atoms with Crippen molar-refractivity contribution in [1.82, 2.24) is 0 Å². The van der Waals surface area contributed by atoms with E-state index in [9.17, 15) is 4.39 Å². The van der Waals surface area contributed by atoms with E-state index in [-0.39, 0.29) is 5.92 Å². The normalized spacial score (nSPS) is 31.2. The third kappa shape index (κ3) is 1.82. The number of alkyl halides is 1. The van der Waals surface area contributed by atoms with Crippen LogP contribution in [-0.2, 0) is 0 Å². The van der Waals surface area contributed by atoms with E-state index in [1.807, 2.05) is 6.08 Å². The first-order valence-corrected chi connectivity index (χ1v) is 4.48. The highest BCUT2D eigenvalue weighted by Gasteiger charge is 2.28. The van der Waals surface area contributed by atoms with Crippen LogP contribution in [-0.4, -0.2) is 6.17 Å². The highest BCUT2D eigenvalue weighted by atomic mass is 19.1. The van der Waals surface area contributed by atoms with Gasteiger partial charge < -0.3 is 0 Å². The summed E-state index contributed by atoms with van der Waals surface area (Å²) in [6.45, 7) is 6.30. The van der Waals surface area contributed by atoms with Gasteiger partial charge in [0.15, 0.2) is 0 Å². The zero-order chi connectivity index (χ0) is 8.43. The summed E-state index contributed by atoms with van der Waals surface area (Å²) < 4.78 is 13.2. The minimum absolute atomic E-state index is 0.255. The van der Waals surface area contributed by atoms with Crippen molar-refractivity contribution in [1.29, 1.82) is 0 Å². The number of rotatable bonds is 2. The molecule has 0 nitrogen and oxygen atoms in total. The Kier molecular flexibility index (Phi) is 2.69. The van der Waals surface area contributed by atoms with Gasteiger partial charge in [0.25, 0.3) is 0 Å². The Balaban J connectivity index is 2.54. The summed E-state index contributed by atoms with van der Waals surface area (Å²) in [5, 5.41) is 0. The fourth-order valence-corrected chi connectivity index (χ4v) is 1.70. The minimum atomic E-state index is -0.676.